The molecule has 0 aliphatic carbocycles. The first kappa shape index (κ1) is 29.0. The van der Waals surface area contributed by atoms with Crippen molar-refractivity contribution in [1.82, 2.24) is 10.5 Å². The Morgan fingerprint density at radius 3 is 2.12 bits per heavy atom. The van der Waals surface area contributed by atoms with E-state index >= 15 is 4.39 Å². The highest BCUT2D eigenvalue weighted by Gasteiger charge is 2.50. The fraction of sp³-hybridized carbons (Fsp3) is 0.375. The highest BCUT2D eigenvalue weighted by Crippen LogP contribution is 2.40. The van der Waals surface area contributed by atoms with Crippen LogP contribution in [0.5, 0.6) is 0 Å². The number of hydrogen-bond acceptors (Lipinski definition) is 6. The molecule has 1 fully saturated rings. The molecule has 1 aliphatic rings. The van der Waals surface area contributed by atoms with Crippen LogP contribution in [0, 0.1) is 5.82 Å². The number of fused-ring (bicyclic) bond motifs is 1. The largest absolute Gasteiger partial charge is 0.403 e. The van der Waals surface area contributed by atoms with Crippen molar-refractivity contribution >= 4 is 41.3 Å². The van der Waals surface area contributed by atoms with E-state index in [0.717, 1.165) is 10.4 Å². The number of nitrogens with zero attached hydrogens (tertiary/aromatic N) is 2. The number of rotatable bonds is 7. The van der Waals surface area contributed by atoms with Crippen LogP contribution in [-0.4, -0.2) is 51.7 Å². The number of halogens is 1. The number of anilines is 1. The fourth-order valence-corrected chi connectivity index (χ4v) is 10.7. The van der Waals surface area contributed by atoms with Gasteiger partial charge < -0.3 is 23.9 Å². The summed E-state index contributed by atoms with van der Waals surface area (Å²) < 4.78 is 35.0. The zero-order valence-electron chi connectivity index (χ0n) is 24.5. The van der Waals surface area contributed by atoms with Gasteiger partial charge in [0.15, 0.2) is 11.5 Å². The van der Waals surface area contributed by atoms with Gasteiger partial charge in [0.1, 0.15) is 0 Å². The fourth-order valence-electron chi connectivity index (χ4n) is 6.12. The number of benzene rings is 3. The van der Waals surface area contributed by atoms with E-state index in [1.165, 1.54) is 7.05 Å². The first-order valence-electron chi connectivity index (χ1n) is 14.0. The Morgan fingerprint density at radius 2 is 1.61 bits per heavy atom. The standard InChI is InChI=1S/C32H38FN3O4Si/c1-21-18-36(19-22(2)39-21)29-23(17-26-28(31(37)34-6)35-40-30(26)27(29)33)20-38-41(32(3,4)5,24-13-9-7-10-14-24)25-15-11-8-12-16-25/h7-17,21-22H,18-20H2,1-6H3,(H,34,37)/t21-,22+. The summed E-state index contributed by atoms with van der Waals surface area (Å²) in [4.78, 5) is 14.6. The molecule has 0 bridgehead atoms. The number of morpholine rings is 1. The first-order chi connectivity index (χ1) is 19.6. The van der Waals surface area contributed by atoms with Crippen LogP contribution in [-0.2, 0) is 15.8 Å². The Bertz CT molecular complexity index is 1470. The van der Waals surface area contributed by atoms with E-state index < -0.39 is 20.0 Å². The minimum Gasteiger partial charge on any atom is -0.403 e. The van der Waals surface area contributed by atoms with E-state index in [1.54, 1.807) is 6.07 Å². The van der Waals surface area contributed by atoms with Gasteiger partial charge in [-0.15, -0.1) is 0 Å². The molecule has 1 saturated heterocycles. The van der Waals surface area contributed by atoms with Crippen LogP contribution in [0.25, 0.3) is 11.0 Å². The lowest BCUT2D eigenvalue weighted by molar-refractivity contribution is -0.00549. The molecule has 7 nitrogen and oxygen atoms in total. The van der Waals surface area contributed by atoms with Gasteiger partial charge in [0, 0.05) is 25.7 Å². The minimum absolute atomic E-state index is 0.0420. The van der Waals surface area contributed by atoms with Gasteiger partial charge in [-0.3, -0.25) is 4.79 Å². The predicted molar refractivity (Wildman–Crippen MR) is 162 cm³/mol. The molecule has 4 aromatic rings. The SMILES string of the molecule is CNC(=O)c1noc2c(F)c(N3C[C@@H](C)O[C@@H](C)C3)c(CO[Si](c3ccccc3)(c3ccccc3)C(C)(C)C)cc12. The van der Waals surface area contributed by atoms with Crippen LogP contribution in [0.15, 0.2) is 71.3 Å². The number of amides is 1. The van der Waals surface area contributed by atoms with Crippen LogP contribution in [0.4, 0.5) is 10.1 Å². The number of carbonyl (C=O) groups excluding carboxylic acids is 1. The monoisotopic (exact) mass is 575 g/mol. The average molecular weight is 576 g/mol. The Labute approximate surface area is 241 Å². The summed E-state index contributed by atoms with van der Waals surface area (Å²) >= 11 is 0. The highest BCUT2D eigenvalue weighted by atomic mass is 28.4. The summed E-state index contributed by atoms with van der Waals surface area (Å²) in [6.45, 7) is 11.7. The molecule has 1 aromatic heterocycles. The van der Waals surface area contributed by atoms with Gasteiger partial charge in [-0.2, -0.15) is 0 Å². The van der Waals surface area contributed by atoms with Crippen molar-refractivity contribution in [1.29, 1.82) is 0 Å². The van der Waals surface area contributed by atoms with Crippen LogP contribution < -0.4 is 20.6 Å². The summed E-state index contributed by atoms with van der Waals surface area (Å²) in [6, 6.07) is 22.5. The molecular weight excluding hydrogens is 537 g/mol. The molecule has 0 radical (unpaired) electrons. The predicted octanol–water partition coefficient (Wildman–Crippen LogP) is 5.02. The number of hydrogen-bond donors (Lipinski definition) is 1. The summed E-state index contributed by atoms with van der Waals surface area (Å²) in [5, 5.41) is 8.82. The Kier molecular flexibility index (Phi) is 8.05. The Morgan fingerprint density at radius 1 is 1.05 bits per heavy atom. The maximum absolute atomic E-state index is 16.5. The van der Waals surface area contributed by atoms with Gasteiger partial charge in [0.2, 0.25) is 5.58 Å². The smallest absolute Gasteiger partial charge is 0.273 e. The van der Waals surface area contributed by atoms with Crippen molar-refractivity contribution < 1.29 is 22.9 Å². The second-order valence-corrected chi connectivity index (χ2v) is 16.1. The highest BCUT2D eigenvalue weighted by molar-refractivity contribution is 6.99. The summed E-state index contributed by atoms with van der Waals surface area (Å²) in [5.41, 5.74) is 1.04. The summed E-state index contributed by atoms with van der Waals surface area (Å²) in [7, 11) is -1.42. The molecule has 5 rings (SSSR count). The van der Waals surface area contributed by atoms with E-state index in [9.17, 15) is 4.79 Å². The third-order valence-electron chi connectivity index (χ3n) is 7.80. The maximum atomic E-state index is 16.5. The molecule has 9 heteroatoms. The van der Waals surface area contributed by atoms with Crippen LogP contribution in [0.3, 0.4) is 0 Å². The van der Waals surface area contributed by atoms with Gasteiger partial charge in [-0.1, -0.05) is 86.6 Å². The van der Waals surface area contributed by atoms with Gasteiger partial charge in [-0.25, -0.2) is 4.39 Å². The van der Waals surface area contributed by atoms with Crippen molar-refractivity contribution in [3.8, 4) is 0 Å². The summed E-state index contributed by atoms with van der Waals surface area (Å²) in [5.74, 6) is -0.990. The van der Waals surface area contributed by atoms with Gasteiger partial charge >= 0.3 is 0 Å². The zero-order chi connectivity index (χ0) is 29.4. The molecule has 2 heterocycles. The van der Waals surface area contributed by atoms with Crippen LogP contribution in [0.1, 0.15) is 50.7 Å². The topological polar surface area (TPSA) is 76.8 Å². The maximum Gasteiger partial charge on any atom is 0.273 e. The lowest BCUT2D eigenvalue weighted by atomic mass is 10.1. The molecule has 1 aliphatic heterocycles. The van der Waals surface area contributed by atoms with E-state index in [1.807, 2.05) is 55.1 Å². The number of aromatic nitrogens is 1. The second kappa shape index (κ2) is 11.4. The molecule has 3 aromatic carbocycles. The molecule has 1 amide bonds. The average Bonchev–Trinajstić information content (AvgIpc) is 3.37. The van der Waals surface area contributed by atoms with Gasteiger partial charge in [0.05, 0.1) is 29.9 Å². The Balaban J connectivity index is 1.70. The molecule has 2 atom stereocenters. The van der Waals surface area contributed by atoms with E-state index in [0.29, 0.717) is 29.7 Å². The molecule has 1 N–H and O–H groups in total. The van der Waals surface area contributed by atoms with Crippen molar-refractivity contribution in [2.24, 2.45) is 0 Å². The Hall–Kier alpha value is -3.53. The van der Waals surface area contributed by atoms with Crippen molar-refractivity contribution in [3.05, 3.63) is 83.8 Å². The molecule has 0 unspecified atom stereocenters. The van der Waals surface area contributed by atoms with Gasteiger partial charge in [-0.05, 0) is 35.3 Å². The number of carbonyl (C=O) groups is 1. The van der Waals surface area contributed by atoms with Crippen LogP contribution >= 0.6 is 0 Å². The molecule has 216 valence electrons. The lowest BCUT2D eigenvalue weighted by Gasteiger charge is -2.43. The third-order valence-corrected chi connectivity index (χ3v) is 12.8. The van der Waals surface area contributed by atoms with E-state index in [-0.39, 0.29) is 35.1 Å². The second-order valence-electron chi connectivity index (χ2n) is 11.8. The normalized spacial score (nSPS) is 18.1. The quantitative estimate of drug-likeness (QED) is 0.312. The molecular formula is C32H38FN3O4Si. The number of nitrogens with one attached hydrogen (secondary N) is 1. The third kappa shape index (κ3) is 5.29. The van der Waals surface area contributed by atoms with E-state index in [4.69, 9.17) is 13.7 Å². The van der Waals surface area contributed by atoms with Crippen molar-refractivity contribution in [2.75, 3.05) is 25.0 Å². The zero-order valence-corrected chi connectivity index (χ0v) is 25.5. The molecule has 41 heavy (non-hydrogen) atoms. The summed E-state index contributed by atoms with van der Waals surface area (Å²) in [6.07, 6.45) is -0.175. The van der Waals surface area contributed by atoms with Crippen molar-refractivity contribution in [2.45, 2.75) is 58.5 Å². The molecule has 0 spiro atoms. The van der Waals surface area contributed by atoms with Gasteiger partial charge in [0.25, 0.3) is 14.2 Å². The van der Waals surface area contributed by atoms with Crippen molar-refractivity contribution in [3.63, 3.8) is 0 Å². The molecule has 0 saturated carbocycles. The number of ether oxygens (including phenoxy) is 1. The first-order valence-corrected chi connectivity index (χ1v) is 16.0. The minimum atomic E-state index is -2.93. The van der Waals surface area contributed by atoms with E-state index in [2.05, 4.69) is 55.5 Å². The van der Waals surface area contributed by atoms with Crippen LogP contribution in [0.2, 0.25) is 5.04 Å². The lowest BCUT2D eigenvalue weighted by Crippen LogP contribution is -2.66.